The Balaban J connectivity index is 1.74. The Bertz CT molecular complexity index is 1040. The van der Waals surface area contributed by atoms with E-state index in [4.69, 9.17) is 25.8 Å². The first-order chi connectivity index (χ1) is 14.5. The highest BCUT2D eigenvalue weighted by molar-refractivity contribution is 9.10. The minimum absolute atomic E-state index is 0.101. The molecule has 0 saturated carbocycles. The molecule has 0 amide bonds. The van der Waals surface area contributed by atoms with Gasteiger partial charge in [-0.25, -0.2) is 0 Å². The van der Waals surface area contributed by atoms with Crippen LogP contribution < -0.4 is 14.2 Å². The number of halogens is 2. The summed E-state index contributed by atoms with van der Waals surface area (Å²) in [4.78, 5) is 12.4. The summed E-state index contributed by atoms with van der Waals surface area (Å²) >= 11 is 9.45. The SMILES string of the molecule is COc1ccc(C(=O)/C=C/c2cc(Br)c(OCc3ccc(Cl)cc3)c(OC)c2)cc1. The van der Waals surface area contributed by atoms with E-state index in [0.29, 0.717) is 34.4 Å². The normalized spacial score (nSPS) is 10.8. The molecule has 0 atom stereocenters. The summed E-state index contributed by atoms with van der Waals surface area (Å²) in [5.41, 5.74) is 2.38. The number of rotatable bonds is 8. The van der Waals surface area contributed by atoms with Crippen LogP contribution in [0.5, 0.6) is 17.2 Å². The van der Waals surface area contributed by atoms with Crippen molar-refractivity contribution in [1.82, 2.24) is 0 Å². The lowest BCUT2D eigenvalue weighted by Gasteiger charge is -2.13. The second-order valence-corrected chi connectivity index (χ2v) is 7.67. The first-order valence-corrected chi connectivity index (χ1v) is 10.3. The number of allylic oxidation sites excluding steroid dienone is 1. The van der Waals surface area contributed by atoms with Crippen molar-refractivity contribution in [3.05, 3.63) is 92.9 Å². The highest BCUT2D eigenvalue weighted by Gasteiger charge is 2.12. The zero-order valence-corrected chi connectivity index (χ0v) is 18.9. The number of benzene rings is 3. The van der Waals surface area contributed by atoms with Crippen molar-refractivity contribution in [1.29, 1.82) is 0 Å². The first kappa shape index (κ1) is 21.9. The number of hydrogen-bond acceptors (Lipinski definition) is 4. The Morgan fingerprint density at radius 2 is 1.70 bits per heavy atom. The van der Waals surface area contributed by atoms with E-state index in [1.165, 1.54) is 6.08 Å². The van der Waals surface area contributed by atoms with Crippen LogP contribution in [0, 0.1) is 0 Å². The summed E-state index contributed by atoms with van der Waals surface area (Å²) < 4.78 is 17.3. The average molecular weight is 488 g/mol. The monoisotopic (exact) mass is 486 g/mol. The number of carbonyl (C=O) groups is 1. The smallest absolute Gasteiger partial charge is 0.185 e. The van der Waals surface area contributed by atoms with Crippen LogP contribution >= 0.6 is 27.5 Å². The van der Waals surface area contributed by atoms with Gasteiger partial charge in [-0.05, 0) is 81.7 Å². The summed E-state index contributed by atoms with van der Waals surface area (Å²) in [6.45, 7) is 0.372. The van der Waals surface area contributed by atoms with Gasteiger partial charge in [0, 0.05) is 10.6 Å². The molecule has 6 heteroatoms. The molecule has 0 radical (unpaired) electrons. The standard InChI is InChI=1S/C24H20BrClO4/c1-28-20-10-6-18(7-11-20)22(27)12-5-17-13-21(25)24(23(14-17)29-2)30-15-16-3-8-19(26)9-4-16/h3-14H,15H2,1-2H3/b12-5+. The molecule has 0 N–H and O–H groups in total. The van der Waals surface area contributed by atoms with Gasteiger partial charge in [0.15, 0.2) is 17.3 Å². The Hall–Kier alpha value is -2.76. The molecule has 3 aromatic carbocycles. The van der Waals surface area contributed by atoms with Crippen molar-refractivity contribution in [3.63, 3.8) is 0 Å². The Morgan fingerprint density at radius 1 is 1.00 bits per heavy atom. The molecule has 0 aliphatic rings. The first-order valence-electron chi connectivity index (χ1n) is 9.11. The van der Waals surface area contributed by atoms with Crippen LogP contribution in [0.15, 0.2) is 71.2 Å². The average Bonchev–Trinajstić information content (AvgIpc) is 2.77. The summed E-state index contributed by atoms with van der Waals surface area (Å²) in [7, 11) is 3.16. The van der Waals surface area contributed by atoms with Gasteiger partial charge < -0.3 is 14.2 Å². The molecular weight excluding hydrogens is 468 g/mol. The van der Waals surface area contributed by atoms with Gasteiger partial charge in [0.25, 0.3) is 0 Å². The third-order valence-electron chi connectivity index (χ3n) is 4.35. The van der Waals surface area contributed by atoms with E-state index >= 15 is 0 Å². The summed E-state index contributed by atoms with van der Waals surface area (Å²) in [6.07, 6.45) is 3.26. The van der Waals surface area contributed by atoms with Gasteiger partial charge in [-0.3, -0.25) is 4.79 Å². The van der Waals surface area contributed by atoms with E-state index in [-0.39, 0.29) is 5.78 Å². The highest BCUT2D eigenvalue weighted by Crippen LogP contribution is 2.37. The van der Waals surface area contributed by atoms with Crippen LogP contribution in [0.2, 0.25) is 5.02 Å². The Kier molecular flexibility index (Phi) is 7.55. The summed E-state index contributed by atoms with van der Waals surface area (Å²) in [6, 6.07) is 18.1. The summed E-state index contributed by atoms with van der Waals surface area (Å²) in [5.74, 6) is 1.76. The van der Waals surface area contributed by atoms with Crippen molar-refractivity contribution in [2.45, 2.75) is 6.61 Å². The van der Waals surface area contributed by atoms with Crippen molar-refractivity contribution in [3.8, 4) is 17.2 Å². The van der Waals surface area contributed by atoms with Crippen LogP contribution in [-0.4, -0.2) is 20.0 Å². The van der Waals surface area contributed by atoms with Gasteiger partial charge in [0.1, 0.15) is 12.4 Å². The van der Waals surface area contributed by atoms with Crippen LogP contribution in [-0.2, 0) is 6.61 Å². The molecule has 0 unspecified atom stereocenters. The molecule has 3 rings (SSSR count). The number of carbonyl (C=O) groups excluding carboxylic acids is 1. The van der Waals surface area contributed by atoms with E-state index < -0.39 is 0 Å². The fourth-order valence-corrected chi connectivity index (χ4v) is 3.44. The molecule has 4 nitrogen and oxygen atoms in total. The maximum Gasteiger partial charge on any atom is 0.185 e. The maximum atomic E-state index is 12.4. The topological polar surface area (TPSA) is 44.8 Å². The number of hydrogen-bond donors (Lipinski definition) is 0. The fourth-order valence-electron chi connectivity index (χ4n) is 2.74. The molecule has 0 aliphatic carbocycles. The van der Waals surface area contributed by atoms with E-state index in [2.05, 4.69) is 15.9 Å². The van der Waals surface area contributed by atoms with Gasteiger partial charge in [-0.1, -0.05) is 29.8 Å². The maximum absolute atomic E-state index is 12.4. The van der Waals surface area contributed by atoms with Gasteiger partial charge in [0.2, 0.25) is 0 Å². The zero-order valence-electron chi connectivity index (χ0n) is 16.5. The second-order valence-electron chi connectivity index (χ2n) is 6.38. The van der Waals surface area contributed by atoms with Crippen molar-refractivity contribution in [2.75, 3.05) is 14.2 Å². The lowest BCUT2D eigenvalue weighted by molar-refractivity contribution is 0.104. The molecule has 0 saturated heterocycles. The number of ether oxygens (including phenoxy) is 3. The summed E-state index contributed by atoms with van der Waals surface area (Å²) in [5, 5.41) is 0.679. The third kappa shape index (κ3) is 5.65. The molecule has 0 spiro atoms. The van der Waals surface area contributed by atoms with Crippen molar-refractivity contribution < 1.29 is 19.0 Å². The lowest BCUT2D eigenvalue weighted by Crippen LogP contribution is -1.99. The molecule has 3 aromatic rings. The van der Waals surface area contributed by atoms with E-state index in [9.17, 15) is 4.79 Å². The van der Waals surface area contributed by atoms with E-state index in [0.717, 1.165) is 15.6 Å². The van der Waals surface area contributed by atoms with Gasteiger partial charge >= 0.3 is 0 Å². The van der Waals surface area contributed by atoms with E-state index in [1.807, 2.05) is 36.4 Å². The van der Waals surface area contributed by atoms with Crippen LogP contribution in [0.1, 0.15) is 21.5 Å². The minimum Gasteiger partial charge on any atom is -0.497 e. The van der Waals surface area contributed by atoms with Crippen LogP contribution in [0.4, 0.5) is 0 Å². The zero-order chi connectivity index (χ0) is 21.5. The van der Waals surface area contributed by atoms with Crippen LogP contribution in [0.25, 0.3) is 6.08 Å². The highest BCUT2D eigenvalue weighted by atomic mass is 79.9. The molecule has 0 fully saturated rings. The van der Waals surface area contributed by atoms with Crippen molar-refractivity contribution in [2.24, 2.45) is 0 Å². The lowest BCUT2D eigenvalue weighted by atomic mass is 10.1. The number of ketones is 1. The molecule has 0 heterocycles. The Labute approximate surface area is 189 Å². The molecule has 154 valence electrons. The predicted octanol–water partition coefficient (Wildman–Crippen LogP) is 6.59. The third-order valence-corrected chi connectivity index (χ3v) is 5.19. The molecule has 0 bridgehead atoms. The fraction of sp³-hybridized carbons (Fsp3) is 0.125. The molecule has 0 aliphatic heterocycles. The predicted molar refractivity (Wildman–Crippen MR) is 123 cm³/mol. The quantitative estimate of drug-likeness (QED) is 0.265. The van der Waals surface area contributed by atoms with Gasteiger partial charge in [0.05, 0.1) is 18.7 Å². The second kappa shape index (κ2) is 10.3. The largest absolute Gasteiger partial charge is 0.497 e. The molecule has 0 aromatic heterocycles. The molecule has 30 heavy (non-hydrogen) atoms. The minimum atomic E-state index is -0.101. The van der Waals surface area contributed by atoms with Gasteiger partial charge in [-0.2, -0.15) is 0 Å². The van der Waals surface area contributed by atoms with Crippen molar-refractivity contribution >= 4 is 39.4 Å². The Morgan fingerprint density at radius 3 is 2.33 bits per heavy atom. The number of methoxy groups -OCH3 is 2. The molecular formula is C24H20BrClO4. The van der Waals surface area contributed by atoms with Gasteiger partial charge in [-0.15, -0.1) is 0 Å². The van der Waals surface area contributed by atoms with E-state index in [1.54, 1.807) is 44.6 Å². The van der Waals surface area contributed by atoms with Crippen LogP contribution in [0.3, 0.4) is 0 Å².